The Kier molecular flexibility index (Phi) is 6.42. The highest BCUT2D eigenvalue weighted by molar-refractivity contribution is 8.00. The van der Waals surface area contributed by atoms with Crippen molar-refractivity contribution in [1.29, 1.82) is 0 Å². The van der Waals surface area contributed by atoms with E-state index in [1.54, 1.807) is 11.8 Å². The van der Waals surface area contributed by atoms with E-state index in [1.807, 2.05) is 97.6 Å². The predicted molar refractivity (Wildman–Crippen MR) is 128 cm³/mol. The third-order valence-corrected chi connectivity index (χ3v) is 6.78. The molecule has 0 aliphatic carbocycles. The summed E-state index contributed by atoms with van der Waals surface area (Å²) in [6.45, 7) is 4.06. The fourth-order valence-corrected chi connectivity index (χ4v) is 5.05. The maximum Gasteiger partial charge on any atom is 0.238 e. The number of benzene rings is 3. The Hall–Kier alpha value is -3.05. The minimum atomic E-state index is -0.180. The molecule has 0 radical (unpaired) electrons. The molecule has 31 heavy (non-hydrogen) atoms. The monoisotopic (exact) mass is 430 g/mol. The van der Waals surface area contributed by atoms with Crippen molar-refractivity contribution in [2.24, 2.45) is 0 Å². The van der Waals surface area contributed by atoms with Crippen LogP contribution in [-0.2, 0) is 9.59 Å². The molecule has 1 saturated heterocycles. The maximum absolute atomic E-state index is 12.8. The number of anilines is 2. The van der Waals surface area contributed by atoms with Gasteiger partial charge in [0.1, 0.15) is 5.37 Å². The van der Waals surface area contributed by atoms with E-state index in [9.17, 15) is 9.59 Å². The molecule has 4 rings (SSSR count). The number of hydrogen-bond donors (Lipinski definition) is 1. The largest absolute Gasteiger partial charge is 0.326 e. The Labute approximate surface area is 187 Å². The predicted octanol–water partition coefficient (Wildman–Crippen LogP) is 5.91. The number of nitrogens with one attached hydrogen (secondary N) is 1. The van der Waals surface area contributed by atoms with E-state index in [2.05, 4.69) is 5.32 Å². The normalized spacial score (nSPS) is 16.9. The summed E-state index contributed by atoms with van der Waals surface area (Å²) in [5, 5.41) is 2.98. The third kappa shape index (κ3) is 4.67. The first kappa shape index (κ1) is 21.2. The van der Waals surface area contributed by atoms with Gasteiger partial charge in [-0.05, 0) is 48.7 Å². The van der Waals surface area contributed by atoms with Crippen LogP contribution in [0, 0.1) is 6.92 Å². The van der Waals surface area contributed by atoms with E-state index in [1.165, 1.54) is 5.56 Å². The second kappa shape index (κ2) is 9.40. The van der Waals surface area contributed by atoms with Crippen molar-refractivity contribution < 1.29 is 9.59 Å². The van der Waals surface area contributed by atoms with Crippen LogP contribution < -0.4 is 10.2 Å². The second-order valence-electron chi connectivity index (χ2n) is 7.75. The molecule has 1 heterocycles. The zero-order valence-corrected chi connectivity index (χ0v) is 18.6. The molecule has 2 amide bonds. The molecule has 3 aromatic carbocycles. The summed E-state index contributed by atoms with van der Waals surface area (Å²) in [5.41, 5.74) is 4.91. The zero-order chi connectivity index (χ0) is 21.8. The Balaban J connectivity index is 1.49. The lowest BCUT2D eigenvalue weighted by molar-refractivity contribution is -0.118. The molecule has 0 unspecified atom stereocenters. The topological polar surface area (TPSA) is 49.4 Å². The van der Waals surface area contributed by atoms with Crippen LogP contribution in [-0.4, -0.2) is 17.6 Å². The van der Waals surface area contributed by atoms with Gasteiger partial charge >= 0.3 is 0 Å². The van der Waals surface area contributed by atoms with Crippen LogP contribution in [0.3, 0.4) is 0 Å². The van der Waals surface area contributed by atoms with Gasteiger partial charge in [0.05, 0.1) is 11.7 Å². The van der Waals surface area contributed by atoms with Crippen LogP contribution in [0.4, 0.5) is 11.4 Å². The van der Waals surface area contributed by atoms with E-state index in [0.29, 0.717) is 5.75 Å². The van der Waals surface area contributed by atoms with E-state index < -0.39 is 0 Å². The van der Waals surface area contributed by atoms with Crippen LogP contribution in [0.1, 0.15) is 41.3 Å². The summed E-state index contributed by atoms with van der Waals surface area (Å²) in [6, 6.07) is 25.7. The quantitative estimate of drug-likeness (QED) is 0.529. The maximum atomic E-state index is 12.8. The fraction of sp³-hybridized carbons (Fsp3) is 0.231. The van der Waals surface area contributed by atoms with Crippen LogP contribution in [0.5, 0.6) is 0 Å². The molecule has 1 fully saturated rings. The number of rotatable bonds is 6. The van der Waals surface area contributed by atoms with E-state index in [4.69, 9.17) is 0 Å². The minimum absolute atomic E-state index is 0.00634. The average Bonchev–Trinajstić information content (AvgIpc) is 3.17. The van der Waals surface area contributed by atoms with E-state index >= 15 is 0 Å². The van der Waals surface area contributed by atoms with Crippen molar-refractivity contribution >= 4 is 35.0 Å². The summed E-state index contributed by atoms with van der Waals surface area (Å²) in [7, 11) is 0. The van der Waals surface area contributed by atoms with Crippen molar-refractivity contribution in [3.63, 3.8) is 0 Å². The highest BCUT2D eigenvalue weighted by Gasteiger charge is 2.34. The van der Waals surface area contributed by atoms with Gasteiger partial charge in [-0.25, -0.2) is 0 Å². The lowest BCUT2D eigenvalue weighted by Crippen LogP contribution is -2.27. The van der Waals surface area contributed by atoms with Gasteiger partial charge in [0.25, 0.3) is 0 Å². The number of amides is 2. The lowest BCUT2D eigenvalue weighted by Gasteiger charge is -2.24. The SMILES string of the molecule is CC[C@@H](C(=O)Nc1ccc([C@@H]2SCC(=O)N2c2ccc(C)cc2)cc1)c1ccccc1. The Morgan fingerprint density at radius 1 is 1.03 bits per heavy atom. The zero-order valence-electron chi connectivity index (χ0n) is 17.7. The van der Waals surface area contributed by atoms with Crippen LogP contribution in [0.15, 0.2) is 78.9 Å². The van der Waals surface area contributed by atoms with Crippen molar-refractivity contribution in [2.45, 2.75) is 31.6 Å². The molecule has 1 aliphatic rings. The summed E-state index contributed by atoms with van der Waals surface area (Å²) in [5.74, 6) is 0.394. The van der Waals surface area contributed by atoms with Crippen molar-refractivity contribution in [2.75, 3.05) is 16.0 Å². The van der Waals surface area contributed by atoms with Crippen LogP contribution in [0.2, 0.25) is 0 Å². The number of carbonyl (C=O) groups is 2. The standard InChI is InChI=1S/C26H26N2O2S/c1-3-23(19-7-5-4-6-8-19)25(30)27-21-13-11-20(12-14-21)26-28(24(29)17-31-26)22-15-9-18(2)10-16-22/h4-16,23,26H,3,17H2,1-2H3,(H,27,30)/t23-,26+/m1/s1. The smallest absolute Gasteiger partial charge is 0.238 e. The molecular formula is C26H26N2O2S. The molecule has 4 nitrogen and oxygen atoms in total. The Bertz CT molecular complexity index is 1050. The minimum Gasteiger partial charge on any atom is -0.326 e. The third-order valence-electron chi connectivity index (χ3n) is 5.57. The summed E-state index contributed by atoms with van der Waals surface area (Å²) in [4.78, 5) is 27.2. The molecule has 0 aromatic heterocycles. The molecule has 158 valence electrons. The summed E-state index contributed by atoms with van der Waals surface area (Å²) >= 11 is 1.63. The van der Waals surface area contributed by atoms with Gasteiger partial charge in [0.2, 0.25) is 11.8 Å². The molecule has 0 bridgehead atoms. The molecule has 5 heteroatoms. The van der Waals surface area contributed by atoms with Gasteiger partial charge in [-0.2, -0.15) is 0 Å². The average molecular weight is 431 g/mol. The van der Waals surface area contributed by atoms with Gasteiger partial charge in [0.15, 0.2) is 0 Å². The van der Waals surface area contributed by atoms with Crippen molar-refractivity contribution in [1.82, 2.24) is 0 Å². The second-order valence-corrected chi connectivity index (χ2v) is 8.81. The van der Waals surface area contributed by atoms with Gasteiger partial charge in [-0.15, -0.1) is 11.8 Å². The number of thioether (sulfide) groups is 1. The first-order valence-corrected chi connectivity index (χ1v) is 11.6. The molecule has 1 N–H and O–H groups in total. The van der Waals surface area contributed by atoms with Gasteiger partial charge < -0.3 is 5.32 Å². The number of nitrogens with zero attached hydrogens (tertiary/aromatic N) is 1. The Morgan fingerprint density at radius 3 is 2.35 bits per heavy atom. The van der Waals surface area contributed by atoms with Gasteiger partial charge in [-0.1, -0.05) is 67.1 Å². The molecule has 1 aliphatic heterocycles. The van der Waals surface area contributed by atoms with Crippen LogP contribution in [0.25, 0.3) is 0 Å². The Morgan fingerprint density at radius 2 is 1.71 bits per heavy atom. The van der Waals surface area contributed by atoms with Gasteiger partial charge in [0, 0.05) is 11.4 Å². The van der Waals surface area contributed by atoms with E-state index in [0.717, 1.165) is 28.9 Å². The highest BCUT2D eigenvalue weighted by Crippen LogP contribution is 2.42. The van der Waals surface area contributed by atoms with Gasteiger partial charge in [-0.3, -0.25) is 14.5 Å². The number of aryl methyl sites for hydroxylation is 1. The first-order valence-electron chi connectivity index (χ1n) is 10.5. The summed E-state index contributed by atoms with van der Waals surface area (Å²) < 4.78 is 0. The first-order chi connectivity index (χ1) is 15.1. The molecule has 0 saturated carbocycles. The summed E-state index contributed by atoms with van der Waals surface area (Å²) in [6.07, 6.45) is 0.736. The molecule has 0 spiro atoms. The number of hydrogen-bond acceptors (Lipinski definition) is 3. The van der Waals surface area contributed by atoms with Crippen molar-refractivity contribution in [3.05, 3.63) is 95.6 Å². The highest BCUT2D eigenvalue weighted by atomic mass is 32.2. The van der Waals surface area contributed by atoms with Crippen LogP contribution >= 0.6 is 11.8 Å². The lowest BCUT2D eigenvalue weighted by atomic mass is 9.95. The number of carbonyl (C=O) groups excluding carboxylic acids is 2. The fourth-order valence-electron chi connectivity index (χ4n) is 3.87. The molecular weight excluding hydrogens is 404 g/mol. The van der Waals surface area contributed by atoms with Crippen molar-refractivity contribution in [3.8, 4) is 0 Å². The molecule has 2 atom stereocenters. The van der Waals surface area contributed by atoms with E-state index in [-0.39, 0.29) is 23.1 Å². The molecule has 3 aromatic rings.